The molecule has 29 heavy (non-hydrogen) atoms. The van der Waals surface area contributed by atoms with Crippen LogP contribution in [0.4, 0.5) is 23.5 Å². The lowest BCUT2D eigenvalue weighted by Crippen LogP contribution is -2.39. The minimum Gasteiger partial charge on any atom is -0.487 e. The van der Waals surface area contributed by atoms with Gasteiger partial charge in [-0.2, -0.15) is 13.2 Å². The van der Waals surface area contributed by atoms with E-state index in [0.29, 0.717) is 31.6 Å². The summed E-state index contributed by atoms with van der Waals surface area (Å²) in [7, 11) is 0. The molecule has 2 aromatic heterocycles. The molecule has 1 aliphatic heterocycles. The van der Waals surface area contributed by atoms with Gasteiger partial charge < -0.3 is 9.64 Å². The lowest BCUT2D eigenvalue weighted by atomic mass is 10.1. The molecule has 1 saturated heterocycles. The third-order valence-electron chi connectivity index (χ3n) is 4.51. The molecule has 0 aliphatic carbocycles. The van der Waals surface area contributed by atoms with Gasteiger partial charge in [0.15, 0.2) is 11.6 Å². The van der Waals surface area contributed by atoms with Gasteiger partial charge in [-0.25, -0.2) is 19.0 Å². The zero-order valence-electron chi connectivity index (χ0n) is 14.9. The van der Waals surface area contributed by atoms with Crippen molar-refractivity contribution in [3.8, 4) is 11.4 Å². The van der Waals surface area contributed by atoms with E-state index in [2.05, 4.69) is 25.5 Å². The number of benzene rings is 1. The maximum atomic E-state index is 14.3. The first-order valence-electron chi connectivity index (χ1n) is 8.74. The van der Waals surface area contributed by atoms with Crippen LogP contribution in [0, 0.1) is 5.82 Å². The number of ether oxygens (including phenoxy) is 1. The Morgan fingerprint density at radius 1 is 1.07 bits per heavy atom. The predicted octanol–water partition coefficient (Wildman–Crippen LogP) is 2.66. The van der Waals surface area contributed by atoms with Crippen molar-refractivity contribution in [2.24, 2.45) is 0 Å². The van der Waals surface area contributed by atoms with E-state index in [9.17, 15) is 17.6 Å². The van der Waals surface area contributed by atoms with Crippen molar-refractivity contribution < 1.29 is 22.3 Å². The lowest BCUT2D eigenvalue weighted by Gasteiger charge is -2.32. The molecule has 0 amide bonds. The second-order valence-corrected chi connectivity index (χ2v) is 6.44. The predicted molar refractivity (Wildman–Crippen MR) is 92.0 cm³/mol. The van der Waals surface area contributed by atoms with Gasteiger partial charge in [-0.05, 0) is 22.6 Å². The number of alkyl halides is 3. The van der Waals surface area contributed by atoms with Crippen LogP contribution in [-0.2, 0) is 6.18 Å². The van der Waals surface area contributed by atoms with Crippen molar-refractivity contribution in [1.82, 2.24) is 30.2 Å². The first-order chi connectivity index (χ1) is 13.9. The summed E-state index contributed by atoms with van der Waals surface area (Å²) in [5.41, 5.74) is -0.422. The van der Waals surface area contributed by atoms with Gasteiger partial charge in [-0.1, -0.05) is 0 Å². The van der Waals surface area contributed by atoms with Crippen molar-refractivity contribution in [2.45, 2.75) is 25.1 Å². The number of aromatic nitrogens is 6. The average Bonchev–Trinajstić information content (AvgIpc) is 3.24. The molecule has 0 bridgehead atoms. The topological polar surface area (TPSA) is 81.9 Å². The molecule has 0 unspecified atom stereocenters. The minimum absolute atomic E-state index is 0.117. The maximum Gasteiger partial charge on any atom is 0.419 e. The zero-order valence-corrected chi connectivity index (χ0v) is 14.9. The van der Waals surface area contributed by atoms with Crippen LogP contribution in [0.25, 0.3) is 5.69 Å². The molecule has 1 aliphatic rings. The summed E-state index contributed by atoms with van der Waals surface area (Å²) in [6, 6.07) is 4.43. The normalized spacial score (nSPS) is 15.5. The summed E-state index contributed by atoms with van der Waals surface area (Å²) < 4.78 is 59.2. The number of tetrazole rings is 1. The summed E-state index contributed by atoms with van der Waals surface area (Å²) in [6.45, 7) is 0.973. The van der Waals surface area contributed by atoms with Crippen LogP contribution in [0.1, 0.15) is 18.4 Å². The van der Waals surface area contributed by atoms with Gasteiger partial charge in [0.05, 0.1) is 11.3 Å². The van der Waals surface area contributed by atoms with E-state index in [1.54, 1.807) is 11.0 Å². The van der Waals surface area contributed by atoms with Crippen molar-refractivity contribution in [3.63, 3.8) is 0 Å². The van der Waals surface area contributed by atoms with Gasteiger partial charge in [0.1, 0.15) is 12.4 Å². The molecule has 1 aromatic carbocycles. The zero-order chi connectivity index (χ0) is 20.4. The van der Waals surface area contributed by atoms with Gasteiger partial charge >= 0.3 is 6.18 Å². The van der Waals surface area contributed by atoms with Crippen LogP contribution >= 0.6 is 0 Å². The van der Waals surface area contributed by atoms with Crippen LogP contribution in [0.15, 0.2) is 36.9 Å². The highest BCUT2D eigenvalue weighted by Crippen LogP contribution is 2.29. The molecule has 3 aromatic rings. The molecule has 0 spiro atoms. The summed E-state index contributed by atoms with van der Waals surface area (Å²) in [6.07, 6.45) is -0.692. The molecule has 1 fully saturated rings. The Bertz CT molecular complexity index is 955. The van der Waals surface area contributed by atoms with Crippen molar-refractivity contribution >= 4 is 5.95 Å². The molecule has 152 valence electrons. The number of anilines is 1. The number of rotatable bonds is 4. The average molecular weight is 409 g/mol. The molecule has 12 heteroatoms. The van der Waals surface area contributed by atoms with E-state index in [-0.39, 0.29) is 17.8 Å². The van der Waals surface area contributed by atoms with Crippen LogP contribution < -0.4 is 9.64 Å². The third kappa shape index (κ3) is 4.25. The third-order valence-corrected chi connectivity index (χ3v) is 4.51. The molecule has 4 rings (SSSR count). The Hall–Kier alpha value is -3.31. The first kappa shape index (κ1) is 19.0. The van der Waals surface area contributed by atoms with Crippen LogP contribution in [-0.4, -0.2) is 49.4 Å². The van der Waals surface area contributed by atoms with Gasteiger partial charge in [0, 0.05) is 44.4 Å². The molecular formula is C17H15F4N7O. The number of hydrogen-bond acceptors (Lipinski definition) is 7. The summed E-state index contributed by atoms with van der Waals surface area (Å²) in [4.78, 5) is 9.38. The number of piperidine rings is 1. The van der Waals surface area contributed by atoms with E-state index < -0.39 is 17.6 Å². The summed E-state index contributed by atoms with van der Waals surface area (Å²) in [5.74, 6) is -0.189. The number of hydrogen-bond donors (Lipinski definition) is 0. The van der Waals surface area contributed by atoms with Gasteiger partial charge in [0.2, 0.25) is 5.95 Å². The van der Waals surface area contributed by atoms with Crippen LogP contribution in [0.2, 0.25) is 0 Å². The number of halogens is 4. The van der Waals surface area contributed by atoms with E-state index >= 15 is 0 Å². The Morgan fingerprint density at radius 3 is 2.38 bits per heavy atom. The van der Waals surface area contributed by atoms with E-state index in [4.69, 9.17) is 4.74 Å². The van der Waals surface area contributed by atoms with E-state index in [1.165, 1.54) is 23.1 Å². The lowest BCUT2D eigenvalue weighted by molar-refractivity contribution is -0.138. The monoisotopic (exact) mass is 409 g/mol. The maximum absolute atomic E-state index is 14.3. The van der Waals surface area contributed by atoms with E-state index in [1.807, 2.05) is 0 Å². The second-order valence-electron chi connectivity index (χ2n) is 6.44. The van der Waals surface area contributed by atoms with Crippen molar-refractivity contribution in [1.29, 1.82) is 0 Å². The highest BCUT2D eigenvalue weighted by Gasteiger charge is 2.32. The molecule has 0 atom stereocenters. The van der Waals surface area contributed by atoms with Crippen LogP contribution in [0.3, 0.4) is 0 Å². The molecule has 0 radical (unpaired) electrons. The Labute approximate surface area is 162 Å². The van der Waals surface area contributed by atoms with Crippen molar-refractivity contribution in [2.75, 3.05) is 18.0 Å². The fourth-order valence-corrected chi connectivity index (χ4v) is 2.99. The smallest absolute Gasteiger partial charge is 0.419 e. The van der Waals surface area contributed by atoms with Crippen molar-refractivity contribution in [3.05, 3.63) is 48.3 Å². The second kappa shape index (κ2) is 7.60. The molecule has 3 heterocycles. The SMILES string of the molecule is Fc1cc(-n2cnnn2)ccc1OC1CCN(c2ncc(C(F)(F)F)cn2)CC1. The Morgan fingerprint density at radius 2 is 1.79 bits per heavy atom. The van der Waals surface area contributed by atoms with E-state index in [0.717, 1.165) is 12.4 Å². The molecule has 0 saturated carbocycles. The molecule has 0 N–H and O–H groups in total. The highest BCUT2D eigenvalue weighted by molar-refractivity contribution is 5.38. The molecule has 8 nitrogen and oxygen atoms in total. The Balaban J connectivity index is 1.35. The first-order valence-corrected chi connectivity index (χ1v) is 8.74. The standard InChI is InChI=1S/C17H15F4N7O/c18-14-7-12(28-10-24-25-26-28)1-2-15(14)29-13-3-5-27(6-4-13)16-22-8-11(9-23-16)17(19,20)21/h1-2,7-10,13H,3-6H2. The fourth-order valence-electron chi connectivity index (χ4n) is 2.99. The highest BCUT2D eigenvalue weighted by atomic mass is 19.4. The minimum atomic E-state index is -4.47. The Kier molecular flexibility index (Phi) is 4.99. The summed E-state index contributed by atoms with van der Waals surface area (Å²) in [5, 5.41) is 10.7. The van der Waals surface area contributed by atoms with Gasteiger partial charge in [-0.3, -0.25) is 0 Å². The number of nitrogens with zero attached hydrogens (tertiary/aromatic N) is 7. The van der Waals surface area contributed by atoms with Gasteiger partial charge in [-0.15, -0.1) is 5.10 Å². The fraction of sp³-hybridized carbons (Fsp3) is 0.353. The quantitative estimate of drug-likeness (QED) is 0.613. The largest absolute Gasteiger partial charge is 0.487 e. The molecular weight excluding hydrogens is 394 g/mol. The summed E-state index contributed by atoms with van der Waals surface area (Å²) >= 11 is 0. The van der Waals surface area contributed by atoms with Gasteiger partial charge in [0.25, 0.3) is 0 Å². The van der Waals surface area contributed by atoms with Crippen LogP contribution in [0.5, 0.6) is 5.75 Å².